The van der Waals surface area contributed by atoms with E-state index in [2.05, 4.69) is 49.1 Å². The molecule has 5 heteroatoms. The summed E-state index contributed by atoms with van der Waals surface area (Å²) in [4.78, 5) is 17.2. The molecule has 0 saturated heterocycles. The van der Waals surface area contributed by atoms with Crippen molar-refractivity contribution in [1.82, 2.24) is 24.8 Å². The smallest absolute Gasteiger partial charge is 0.120 e. The molecule has 0 radical (unpaired) electrons. The van der Waals surface area contributed by atoms with Crippen LogP contribution < -0.4 is 0 Å². The number of aromatic nitrogens is 4. The van der Waals surface area contributed by atoms with Crippen LogP contribution in [0.15, 0.2) is 55.1 Å². The number of benzene rings is 1. The SMILES string of the molecule is c1ccc(CN(Cc2ncc[nH]2)Cc2ncc[nH]2)cc1. The highest BCUT2D eigenvalue weighted by atomic mass is 15.2. The number of hydrogen-bond acceptors (Lipinski definition) is 3. The Balaban J connectivity index is 1.72. The van der Waals surface area contributed by atoms with Gasteiger partial charge in [0.25, 0.3) is 0 Å². The van der Waals surface area contributed by atoms with Gasteiger partial charge in [-0.1, -0.05) is 30.3 Å². The zero-order chi connectivity index (χ0) is 13.6. The van der Waals surface area contributed by atoms with Crippen molar-refractivity contribution in [2.24, 2.45) is 0 Å². The van der Waals surface area contributed by atoms with Gasteiger partial charge in [0.15, 0.2) is 0 Å². The van der Waals surface area contributed by atoms with Crippen molar-refractivity contribution < 1.29 is 0 Å². The Morgan fingerprint density at radius 1 is 0.800 bits per heavy atom. The van der Waals surface area contributed by atoms with Gasteiger partial charge in [-0.25, -0.2) is 9.97 Å². The molecule has 0 aliphatic carbocycles. The lowest BCUT2D eigenvalue weighted by Crippen LogP contribution is -2.23. The molecule has 0 amide bonds. The maximum Gasteiger partial charge on any atom is 0.120 e. The Morgan fingerprint density at radius 2 is 1.40 bits per heavy atom. The summed E-state index contributed by atoms with van der Waals surface area (Å²) in [5, 5.41) is 0. The second-order valence-corrected chi connectivity index (χ2v) is 4.70. The molecule has 5 nitrogen and oxygen atoms in total. The first-order chi connectivity index (χ1) is 9.90. The van der Waals surface area contributed by atoms with E-state index in [1.807, 2.05) is 18.5 Å². The van der Waals surface area contributed by atoms with Crippen molar-refractivity contribution in [2.45, 2.75) is 19.6 Å². The van der Waals surface area contributed by atoms with E-state index in [1.54, 1.807) is 12.4 Å². The molecule has 0 spiro atoms. The minimum atomic E-state index is 0.766. The predicted molar refractivity (Wildman–Crippen MR) is 76.6 cm³/mol. The molecule has 0 atom stereocenters. The van der Waals surface area contributed by atoms with Crippen molar-refractivity contribution >= 4 is 0 Å². The van der Waals surface area contributed by atoms with Crippen LogP contribution in [-0.4, -0.2) is 24.8 Å². The van der Waals surface area contributed by atoms with E-state index in [0.717, 1.165) is 31.3 Å². The van der Waals surface area contributed by atoms with Crippen molar-refractivity contribution in [1.29, 1.82) is 0 Å². The van der Waals surface area contributed by atoms with Crippen LogP contribution in [0.3, 0.4) is 0 Å². The van der Waals surface area contributed by atoms with Gasteiger partial charge < -0.3 is 9.97 Å². The van der Waals surface area contributed by atoms with Gasteiger partial charge >= 0.3 is 0 Å². The van der Waals surface area contributed by atoms with Crippen molar-refractivity contribution in [3.8, 4) is 0 Å². The second kappa shape index (κ2) is 6.16. The number of aromatic amines is 2. The maximum absolute atomic E-state index is 4.30. The summed E-state index contributed by atoms with van der Waals surface area (Å²) in [5.74, 6) is 1.93. The first-order valence-corrected chi connectivity index (χ1v) is 6.63. The summed E-state index contributed by atoms with van der Waals surface area (Å²) < 4.78 is 0. The molecular formula is C15H17N5. The molecule has 1 aromatic carbocycles. The summed E-state index contributed by atoms with van der Waals surface area (Å²) in [6.07, 6.45) is 7.26. The summed E-state index contributed by atoms with van der Waals surface area (Å²) in [7, 11) is 0. The highest BCUT2D eigenvalue weighted by molar-refractivity contribution is 5.14. The molecule has 0 aliphatic rings. The highest BCUT2D eigenvalue weighted by Crippen LogP contribution is 2.10. The average Bonchev–Trinajstić information content (AvgIpc) is 3.13. The third kappa shape index (κ3) is 3.33. The predicted octanol–water partition coefficient (Wildman–Crippen LogP) is 2.34. The normalized spacial score (nSPS) is 11.1. The van der Waals surface area contributed by atoms with Gasteiger partial charge in [-0.2, -0.15) is 0 Å². The molecule has 0 bridgehead atoms. The highest BCUT2D eigenvalue weighted by Gasteiger charge is 2.10. The molecule has 2 N–H and O–H groups in total. The van der Waals surface area contributed by atoms with E-state index < -0.39 is 0 Å². The van der Waals surface area contributed by atoms with Crippen LogP contribution in [0, 0.1) is 0 Å². The van der Waals surface area contributed by atoms with E-state index in [4.69, 9.17) is 0 Å². The number of hydrogen-bond donors (Lipinski definition) is 2. The van der Waals surface area contributed by atoms with Gasteiger partial charge in [-0.15, -0.1) is 0 Å². The second-order valence-electron chi connectivity index (χ2n) is 4.70. The molecule has 0 fully saturated rings. The summed E-state index contributed by atoms with van der Waals surface area (Å²) in [6, 6.07) is 10.4. The molecular weight excluding hydrogens is 250 g/mol. The molecule has 2 heterocycles. The van der Waals surface area contributed by atoms with E-state index >= 15 is 0 Å². The first-order valence-electron chi connectivity index (χ1n) is 6.63. The van der Waals surface area contributed by atoms with Crippen LogP contribution in [-0.2, 0) is 19.6 Å². The number of H-pyrrole nitrogens is 2. The van der Waals surface area contributed by atoms with E-state index in [-0.39, 0.29) is 0 Å². The summed E-state index contributed by atoms with van der Waals surface area (Å²) in [5.41, 5.74) is 1.28. The van der Waals surface area contributed by atoms with Gasteiger partial charge in [0.1, 0.15) is 11.6 Å². The fourth-order valence-corrected chi connectivity index (χ4v) is 2.20. The largest absolute Gasteiger partial charge is 0.348 e. The third-order valence-corrected chi connectivity index (χ3v) is 3.11. The lowest BCUT2D eigenvalue weighted by molar-refractivity contribution is 0.236. The Morgan fingerprint density at radius 3 is 1.90 bits per heavy atom. The molecule has 3 aromatic rings. The van der Waals surface area contributed by atoms with Crippen molar-refractivity contribution in [3.63, 3.8) is 0 Å². The molecule has 3 rings (SSSR count). The van der Waals surface area contributed by atoms with E-state index in [1.165, 1.54) is 5.56 Å². The molecule has 0 unspecified atom stereocenters. The number of rotatable bonds is 6. The standard InChI is InChI=1S/C15H17N5/c1-2-4-13(5-3-1)10-20(11-14-16-6-7-17-14)12-15-18-8-9-19-15/h1-9H,10-12H2,(H,16,17)(H,18,19). The van der Waals surface area contributed by atoms with Gasteiger partial charge in [0.05, 0.1) is 13.1 Å². The molecule has 20 heavy (non-hydrogen) atoms. The molecule has 0 saturated carbocycles. The van der Waals surface area contributed by atoms with Crippen LogP contribution in [0.2, 0.25) is 0 Å². The van der Waals surface area contributed by atoms with E-state index in [9.17, 15) is 0 Å². The fraction of sp³-hybridized carbons (Fsp3) is 0.200. The lowest BCUT2D eigenvalue weighted by atomic mass is 10.2. The van der Waals surface area contributed by atoms with Crippen LogP contribution in [0.1, 0.15) is 17.2 Å². The summed E-state index contributed by atoms with van der Waals surface area (Å²) >= 11 is 0. The van der Waals surface area contributed by atoms with Gasteiger partial charge in [0, 0.05) is 31.3 Å². The zero-order valence-electron chi connectivity index (χ0n) is 11.2. The van der Waals surface area contributed by atoms with Crippen LogP contribution >= 0.6 is 0 Å². The van der Waals surface area contributed by atoms with Gasteiger partial charge in [0.2, 0.25) is 0 Å². The minimum absolute atomic E-state index is 0.766. The van der Waals surface area contributed by atoms with Crippen molar-refractivity contribution in [2.75, 3.05) is 0 Å². The summed E-state index contributed by atoms with van der Waals surface area (Å²) in [6.45, 7) is 2.40. The molecule has 2 aromatic heterocycles. The van der Waals surface area contributed by atoms with Crippen LogP contribution in [0.5, 0.6) is 0 Å². The van der Waals surface area contributed by atoms with E-state index in [0.29, 0.717) is 0 Å². The third-order valence-electron chi connectivity index (χ3n) is 3.11. The van der Waals surface area contributed by atoms with Gasteiger partial charge in [-0.3, -0.25) is 4.90 Å². The monoisotopic (exact) mass is 267 g/mol. The Kier molecular flexibility index (Phi) is 3.89. The average molecular weight is 267 g/mol. The Bertz CT molecular complexity index is 565. The van der Waals surface area contributed by atoms with Crippen LogP contribution in [0.25, 0.3) is 0 Å². The Hall–Kier alpha value is -2.40. The van der Waals surface area contributed by atoms with Crippen LogP contribution in [0.4, 0.5) is 0 Å². The quantitative estimate of drug-likeness (QED) is 0.720. The fourth-order valence-electron chi connectivity index (χ4n) is 2.20. The number of nitrogens with one attached hydrogen (secondary N) is 2. The first kappa shape index (κ1) is 12.6. The van der Waals surface area contributed by atoms with Crippen molar-refractivity contribution in [3.05, 3.63) is 72.3 Å². The Labute approximate surface area is 117 Å². The number of imidazole rings is 2. The lowest BCUT2D eigenvalue weighted by Gasteiger charge is -2.20. The van der Waals surface area contributed by atoms with Gasteiger partial charge in [-0.05, 0) is 5.56 Å². The molecule has 0 aliphatic heterocycles. The zero-order valence-corrected chi connectivity index (χ0v) is 11.2. The minimum Gasteiger partial charge on any atom is -0.348 e. The molecule has 102 valence electrons. The topological polar surface area (TPSA) is 60.6 Å². The number of nitrogens with zero attached hydrogens (tertiary/aromatic N) is 3. The maximum atomic E-state index is 4.30.